The molecule has 174 valence electrons. The molecule has 0 radical (unpaired) electrons. The summed E-state index contributed by atoms with van der Waals surface area (Å²) in [6.07, 6.45) is 9.05. The van der Waals surface area contributed by atoms with Crippen LogP contribution in [0, 0.1) is 0 Å². The van der Waals surface area contributed by atoms with Gasteiger partial charge in [0.15, 0.2) is 5.96 Å². The fourth-order valence-corrected chi connectivity index (χ4v) is 4.82. The van der Waals surface area contributed by atoms with Crippen LogP contribution >= 0.6 is 24.0 Å². The lowest BCUT2D eigenvalue weighted by atomic mass is 10.1. The zero-order valence-electron chi connectivity index (χ0n) is 19.2. The summed E-state index contributed by atoms with van der Waals surface area (Å²) in [6.45, 7) is 11.1. The summed E-state index contributed by atoms with van der Waals surface area (Å²) in [6, 6.07) is 0.758. The van der Waals surface area contributed by atoms with Gasteiger partial charge in [-0.2, -0.15) is 0 Å². The minimum absolute atomic E-state index is 0. The molecule has 0 spiro atoms. The lowest BCUT2D eigenvalue weighted by molar-refractivity contribution is -0.133. The maximum atomic E-state index is 12.5. The Balaban J connectivity index is 0.00000320. The largest absolute Gasteiger partial charge is 0.357 e. The van der Waals surface area contributed by atoms with Gasteiger partial charge in [-0.15, -0.1) is 24.0 Å². The predicted molar refractivity (Wildman–Crippen MR) is 135 cm³/mol. The van der Waals surface area contributed by atoms with Crippen molar-refractivity contribution in [2.45, 2.75) is 57.9 Å². The van der Waals surface area contributed by atoms with E-state index in [0.29, 0.717) is 12.5 Å². The summed E-state index contributed by atoms with van der Waals surface area (Å²) in [7, 11) is 2.25. The van der Waals surface area contributed by atoms with E-state index in [2.05, 4.69) is 38.9 Å². The molecule has 2 saturated heterocycles. The molecular formula is C22H43IN6O. The van der Waals surface area contributed by atoms with Crippen molar-refractivity contribution in [3.8, 4) is 0 Å². The molecule has 0 aromatic heterocycles. The van der Waals surface area contributed by atoms with E-state index >= 15 is 0 Å². The van der Waals surface area contributed by atoms with Crippen LogP contribution < -0.4 is 5.32 Å². The van der Waals surface area contributed by atoms with Gasteiger partial charge in [0.2, 0.25) is 5.91 Å². The number of piperidine rings is 1. The highest BCUT2D eigenvalue weighted by Crippen LogP contribution is 2.22. The van der Waals surface area contributed by atoms with Crippen molar-refractivity contribution in [3.63, 3.8) is 0 Å². The molecule has 8 heteroatoms. The van der Waals surface area contributed by atoms with E-state index in [0.717, 1.165) is 83.7 Å². The monoisotopic (exact) mass is 534 g/mol. The van der Waals surface area contributed by atoms with E-state index < -0.39 is 0 Å². The Hall–Kier alpha value is -0.610. The van der Waals surface area contributed by atoms with Crippen LogP contribution in [0.5, 0.6) is 0 Å². The fraction of sp³-hybridized carbons (Fsp3) is 0.909. The third-order valence-electron chi connectivity index (χ3n) is 6.74. The van der Waals surface area contributed by atoms with Gasteiger partial charge in [-0.3, -0.25) is 14.7 Å². The summed E-state index contributed by atoms with van der Waals surface area (Å²) < 4.78 is 0. The number of likely N-dealkylation sites (N-methyl/N-ethyl adjacent to an activating group) is 1. The lowest BCUT2D eigenvalue weighted by Crippen LogP contribution is -2.54. The third-order valence-corrected chi connectivity index (χ3v) is 6.74. The molecule has 2 aliphatic heterocycles. The van der Waals surface area contributed by atoms with Crippen LogP contribution in [0.1, 0.15) is 51.9 Å². The van der Waals surface area contributed by atoms with Gasteiger partial charge >= 0.3 is 0 Å². The van der Waals surface area contributed by atoms with Crippen LogP contribution in [0.15, 0.2) is 4.99 Å². The highest BCUT2D eigenvalue weighted by Gasteiger charge is 2.24. The summed E-state index contributed by atoms with van der Waals surface area (Å²) in [5.74, 6) is 1.35. The number of amides is 1. The fourth-order valence-electron chi connectivity index (χ4n) is 4.82. The zero-order valence-corrected chi connectivity index (χ0v) is 21.5. The Labute approximate surface area is 200 Å². The summed E-state index contributed by atoms with van der Waals surface area (Å²) >= 11 is 0. The van der Waals surface area contributed by atoms with Gasteiger partial charge in [0.25, 0.3) is 0 Å². The first-order valence-corrected chi connectivity index (χ1v) is 11.9. The van der Waals surface area contributed by atoms with Crippen LogP contribution in [0.3, 0.4) is 0 Å². The molecule has 7 nitrogen and oxygen atoms in total. The second kappa shape index (κ2) is 13.7. The van der Waals surface area contributed by atoms with Gasteiger partial charge in [0, 0.05) is 58.4 Å². The van der Waals surface area contributed by atoms with Gasteiger partial charge in [0.1, 0.15) is 0 Å². The normalized spacial score (nSPS) is 21.8. The van der Waals surface area contributed by atoms with Crippen molar-refractivity contribution in [1.29, 1.82) is 0 Å². The van der Waals surface area contributed by atoms with Crippen molar-refractivity contribution >= 4 is 35.8 Å². The molecule has 1 amide bonds. The SMILES string of the molecule is CCNC(=NCCN(C)C1CCCC1)N1CCN(CC(=O)N2CCCCC2)CC1.I. The van der Waals surface area contributed by atoms with E-state index in [-0.39, 0.29) is 24.0 Å². The molecule has 0 aromatic rings. The van der Waals surface area contributed by atoms with Crippen molar-refractivity contribution in [3.05, 3.63) is 0 Å². The smallest absolute Gasteiger partial charge is 0.236 e. The standard InChI is InChI=1S/C22H42N6O.HI/c1-3-23-22(24-11-14-25(2)20-9-5-6-10-20)28-17-15-26(16-18-28)19-21(29)27-12-7-4-8-13-27;/h20H,3-19H2,1-2H3,(H,23,24);1H. The second-order valence-electron chi connectivity index (χ2n) is 8.86. The Kier molecular flexibility index (Phi) is 11.7. The van der Waals surface area contributed by atoms with Crippen LogP contribution in [0.25, 0.3) is 0 Å². The van der Waals surface area contributed by atoms with E-state index in [1.165, 1.54) is 32.1 Å². The average Bonchev–Trinajstić information content (AvgIpc) is 3.29. The van der Waals surface area contributed by atoms with Gasteiger partial charge in [0.05, 0.1) is 13.1 Å². The Morgan fingerprint density at radius 1 is 0.967 bits per heavy atom. The molecule has 0 bridgehead atoms. The zero-order chi connectivity index (χ0) is 20.5. The maximum Gasteiger partial charge on any atom is 0.236 e. The number of nitrogens with one attached hydrogen (secondary N) is 1. The number of halogens is 1. The molecule has 0 unspecified atom stereocenters. The molecule has 30 heavy (non-hydrogen) atoms. The molecular weight excluding hydrogens is 491 g/mol. The van der Waals surface area contributed by atoms with Crippen molar-refractivity contribution in [2.75, 3.05) is 72.5 Å². The third kappa shape index (κ3) is 7.82. The minimum atomic E-state index is 0. The highest BCUT2D eigenvalue weighted by atomic mass is 127. The number of likely N-dealkylation sites (tertiary alicyclic amines) is 1. The number of nitrogens with zero attached hydrogens (tertiary/aromatic N) is 5. The number of hydrogen-bond donors (Lipinski definition) is 1. The van der Waals surface area contributed by atoms with Gasteiger partial charge in [-0.25, -0.2) is 0 Å². The number of rotatable bonds is 7. The number of guanidine groups is 1. The van der Waals surface area contributed by atoms with E-state index in [1.54, 1.807) is 0 Å². The molecule has 1 saturated carbocycles. The quantitative estimate of drug-likeness (QED) is 0.308. The van der Waals surface area contributed by atoms with E-state index in [9.17, 15) is 4.79 Å². The van der Waals surface area contributed by atoms with E-state index in [1.807, 2.05) is 0 Å². The molecule has 0 aromatic carbocycles. The first-order valence-electron chi connectivity index (χ1n) is 11.9. The Bertz CT molecular complexity index is 526. The number of carbonyl (C=O) groups excluding carboxylic acids is 1. The van der Waals surface area contributed by atoms with Crippen molar-refractivity contribution in [2.24, 2.45) is 4.99 Å². The molecule has 1 N–H and O–H groups in total. The van der Waals surface area contributed by atoms with Gasteiger partial charge in [-0.1, -0.05) is 12.8 Å². The van der Waals surface area contributed by atoms with Crippen molar-refractivity contribution < 1.29 is 4.79 Å². The van der Waals surface area contributed by atoms with Gasteiger partial charge < -0.3 is 20.0 Å². The van der Waals surface area contributed by atoms with Crippen LogP contribution in [0.2, 0.25) is 0 Å². The summed E-state index contributed by atoms with van der Waals surface area (Å²) in [5, 5.41) is 3.47. The first kappa shape index (κ1) is 25.6. The average molecular weight is 535 g/mol. The highest BCUT2D eigenvalue weighted by molar-refractivity contribution is 14.0. The molecule has 0 atom stereocenters. The molecule has 3 fully saturated rings. The summed E-state index contributed by atoms with van der Waals surface area (Å²) in [5.41, 5.74) is 0. The van der Waals surface area contributed by atoms with Crippen LogP contribution in [-0.2, 0) is 4.79 Å². The number of piperazine rings is 1. The molecule has 3 rings (SSSR count). The van der Waals surface area contributed by atoms with Crippen LogP contribution in [-0.4, -0.2) is 110 Å². The van der Waals surface area contributed by atoms with Gasteiger partial charge in [-0.05, 0) is 46.1 Å². The van der Waals surface area contributed by atoms with Crippen molar-refractivity contribution in [1.82, 2.24) is 24.9 Å². The molecule has 3 aliphatic rings. The van der Waals surface area contributed by atoms with E-state index in [4.69, 9.17) is 4.99 Å². The number of hydrogen-bond acceptors (Lipinski definition) is 4. The predicted octanol–water partition coefficient (Wildman–Crippen LogP) is 2.07. The molecule has 2 heterocycles. The lowest BCUT2D eigenvalue weighted by Gasteiger charge is -2.37. The number of carbonyl (C=O) groups is 1. The second-order valence-corrected chi connectivity index (χ2v) is 8.86. The number of aliphatic imine (C=N–C) groups is 1. The van der Waals surface area contributed by atoms with Crippen LogP contribution in [0.4, 0.5) is 0 Å². The Morgan fingerprint density at radius 3 is 2.27 bits per heavy atom. The topological polar surface area (TPSA) is 54.4 Å². The Morgan fingerprint density at radius 2 is 1.63 bits per heavy atom. The first-order chi connectivity index (χ1) is 14.2. The summed E-state index contributed by atoms with van der Waals surface area (Å²) in [4.78, 5) is 26.7. The molecule has 1 aliphatic carbocycles. The maximum absolute atomic E-state index is 12.5. The minimum Gasteiger partial charge on any atom is -0.357 e.